The Kier molecular flexibility index (Phi) is 7.00. The lowest BCUT2D eigenvalue weighted by Crippen LogP contribution is -2.37. The monoisotopic (exact) mass is 385 g/mol. The van der Waals surface area contributed by atoms with Crippen molar-refractivity contribution in [1.29, 1.82) is 0 Å². The van der Waals surface area contributed by atoms with Crippen LogP contribution in [0.2, 0.25) is 0 Å². The number of rotatable bonds is 8. The molecule has 0 fully saturated rings. The van der Waals surface area contributed by atoms with E-state index in [1.54, 1.807) is 24.3 Å². The van der Waals surface area contributed by atoms with Crippen molar-refractivity contribution in [2.45, 2.75) is 45.6 Å². The number of nitrogens with zero attached hydrogens (tertiary/aromatic N) is 3. The molecule has 0 spiro atoms. The summed E-state index contributed by atoms with van der Waals surface area (Å²) in [5, 5.41) is 14.0. The van der Waals surface area contributed by atoms with Crippen LogP contribution in [0.1, 0.15) is 48.2 Å². The molecule has 0 unspecified atom stereocenters. The summed E-state index contributed by atoms with van der Waals surface area (Å²) in [5.41, 5.74) is 0.488. The number of benzene rings is 1. The molecule has 3 rings (SSSR count). The van der Waals surface area contributed by atoms with Gasteiger partial charge in [-0.1, -0.05) is 6.42 Å². The molecule has 1 aliphatic rings. The van der Waals surface area contributed by atoms with Crippen LogP contribution < -0.4 is 15.4 Å². The second-order valence-corrected chi connectivity index (χ2v) is 6.73. The van der Waals surface area contributed by atoms with Gasteiger partial charge in [-0.3, -0.25) is 9.59 Å². The quantitative estimate of drug-likeness (QED) is 0.717. The van der Waals surface area contributed by atoms with Gasteiger partial charge in [-0.05, 0) is 44.0 Å². The molecule has 150 valence electrons. The molecule has 1 aliphatic heterocycles. The lowest BCUT2D eigenvalue weighted by molar-refractivity contribution is -0.120. The van der Waals surface area contributed by atoms with Crippen molar-refractivity contribution in [2.75, 3.05) is 19.7 Å². The van der Waals surface area contributed by atoms with Crippen LogP contribution in [0, 0.1) is 0 Å². The molecular weight excluding hydrogens is 358 g/mol. The smallest absolute Gasteiger partial charge is 0.251 e. The van der Waals surface area contributed by atoms with E-state index in [9.17, 15) is 9.59 Å². The summed E-state index contributed by atoms with van der Waals surface area (Å²) in [6.45, 7) is 3.82. The van der Waals surface area contributed by atoms with Crippen molar-refractivity contribution in [3.63, 3.8) is 0 Å². The Hall–Kier alpha value is -2.90. The minimum absolute atomic E-state index is 0.0655. The Balaban J connectivity index is 1.40. The summed E-state index contributed by atoms with van der Waals surface area (Å²) in [6, 6.07) is 6.82. The Morgan fingerprint density at radius 1 is 1.11 bits per heavy atom. The molecule has 1 aromatic heterocycles. The molecule has 0 aliphatic carbocycles. The van der Waals surface area contributed by atoms with Gasteiger partial charge in [0.15, 0.2) is 0 Å². The van der Waals surface area contributed by atoms with Crippen molar-refractivity contribution >= 4 is 11.8 Å². The third-order valence-corrected chi connectivity index (χ3v) is 4.69. The van der Waals surface area contributed by atoms with Crippen LogP contribution >= 0.6 is 0 Å². The normalized spacial score (nSPS) is 13.3. The fraction of sp³-hybridized carbons (Fsp3) is 0.500. The first kappa shape index (κ1) is 19.9. The Morgan fingerprint density at radius 2 is 1.93 bits per heavy atom. The van der Waals surface area contributed by atoms with Crippen molar-refractivity contribution in [2.24, 2.45) is 0 Å². The molecule has 0 radical (unpaired) electrons. The second-order valence-electron chi connectivity index (χ2n) is 6.73. The molecule has 8 heteroatoms. The first-order chi connectivity index (χ1) is 13.7. The van der Waals surface area contributed by atoms with E-state index in [2.05, 4.69) is 25.4 Å². The molecule has 0 saturated carbocycles. The second kappa shape index (κ2) is 9.87. The molecule has 0 saturated heterocycles. The van der Waals surface area contributed by atoms with Gasteiger partial charge in [-0.25, -0.2) is 0 Å². The van der Waals surface area contributed by atoms with Crippen LogP contribution in [0.5, 0.6) is 5.75 Å². The maximum Gasteiger partial charge on any atom is 0.251 e. The topological polar surface area (TPSA) is 98.1 Å². The van der Waals surface area contributed by atoms with E-state index in [0.29, 0.717) is 30.9 Å². The highest BCUT2D eigenvalue weighted by Gasteiger charge is 2.14. The Bertz CT molecular complexity index is 801. The summed E-state index contributed by atoms with van der Waals surface area (Å²) in [4.78, 5) is 24.1. The van der Waals surface area contributed by atoms with Gasteiger partial charge in [0.1, 0.15) is 17.4 Å². The standard InChI is InChI=1S/C20H27N5O3/c1-2-28-16-9-7-15(8-10-16)20(27)22-14-19(26)21-12-11-18-24-23-17-6-4-3-5-13-25(17)18/h7-10H,2-6,11-14H2,1H3,(H,21,26)(H,22,27). The summed E-state index contributed by atoms with van der Waals surface area (Å²) in [5.74, 6) is 2.15. The van der Waals surface area contributed by atoms with Crippen molar-refractivity contribution in [1.82, 2.24) is 25.4 Å². The van der Waals surface area contributed by atoms with Gasteiger partial charge in [-0.15, -0.1) is 10.2 Å². The van der Waals surface area contributed by atoms with Gasteiger partial charge in [0.2, 0.25) is 5.91 Å². The molecule has 0 atom stereocenters. The number of aryl methyl sites for hydroxylation is 1. The Labute approximate surface area is 164 Å². The van der Waals surface area contributed by atoms with Gasteiger partial charge in [-0.2, -0.15) is 0 Å². The predicted octanol–water partition coefficient (Wildman–Crippen LogP) is 1.49. The van der Waals surface area contributed by atoms with Crippen molar-refractivity contribution in [3.05, 3.63) is 41.5 Å². The molecule has 2 heterocycles. The van der Waals surface area contributed by atoms with Crippen LogP contribution in [0.25, 0.3) is 0 Å². The van der Waals surface area contributed by atoms with Crippen LogP contribution in [0.3, 0.4) is 0 Å². The molecule has 28 heavy (non-hydrogen) atoms. The van der Waals surface area contributed by atoms with Gasteiger partial charge < -0.3 is 19.9 Å². The summed E-state index contributed by atoms with van der Waals surface area (Å²) in [7, 11) is 0. The molecule has 2 aromatic rings. The van der Waals surface area contributed by atoms with E-state index in [4.69, 9.17) is 4.74 Å². The van der Waals surface area contributed by atoms with Crippen LogP contribution in [-0.4, -0.2) is 46.3 Å². The van der Waals surface area contributed by atoms with Crippen LogP contribution in [-0.2, 0) is 24.2 Å². The number of hydrogen-bond donors (Lipinski definition) is 2. The molecule has 2 N–H and O–H groups in total. The summed E-state index contributed by atoms with van der Waals surface area (Å²) < 4.78 is 7.52. The highest BCUT2D eigenvalue weighted by atomic mass is 16.5. The van der Waals surface area contributed by atoms with E-state index in [-0.39, 0.29) is 18.4 Å². The first-order valence-electron chi connectivity index (χ1n) is 9.86. The number of ether oxygens (including phenoxy) is 1. The predicted molar refractivity (Wildman–Crippen MR) is 104 cm³/mol. The highest BCUT2D eigenvalue weighted by Crippen LogP contribution is 2.14. The molecule has 2 amide bonds. The molecule has 0 bridgehead atoms. The van der Waals surface area contributed by atoms with E-state index in [1.807, 2.05) is 6.92 Å². The van der Waals surface area contributed by atoms with Crippen molar-refractivity contribution in [3.8, 4) is 5.75 Å². The van der Waals surface area contributed by atoms with E-state index in [1.165, 1.54) is 6.42 Å². The Morgan fingerprint density at radius 3 is 2.71 bits per heavy atom. The summed E-state index contributed by atoms with van der Waals surface area (Å²) in [6.07, 6.45) is 5.11. The number of carbonyl (C=O) groups is 2. The van der Waals surface area contributed by atoms with Crippen LogP contribution in [0.4, 0.5) is 0 Å². The van der Waals surface area contributed by atoms with Gasteiger partial charge in [0, 0.05) is 31.5 Å². The average molecular weight is 385 g/mol. The van der Waals surface area contributed by atoms with E-state index in [0.717, 1.165) is 37.5 Å². The minimum atomic E-state index is -0.291. The van der Waals surface area contributed by atoms with Gasteiger partial charge in [0.05, 0.1) is 13.2 Å². The fourth-order valence-electron chi connectivity index (χ4n) is 3.24. The summed E-state index contributed by atoms with van der Waals surface area (Å²) >= 11 is 0. The maximum absolute atomic E-state index is 12.1. The number of amides is 2. The fourth-order valence-corrected chi connectivity index (χ4v) is 3.24. The van der Waals surface area contributed by atoms with E-state index >= 15 is 0 Å². The number of hydrogen-bond acceptors (Lipinski definition) is 5. The zero-order valence-corrected chi connectivity index (χ0v) is 16.2. The largest absolute Gasteiger partial charge is 0.494 e. The zero-order valence-electron chi connectivity index (χ0n) is 16.2. The van der Waals surface area contributed by atoms with Crippen LogP contribution in [0.15, 0.2) is 24.3 Å². The maximum atomic E-state index is 12.1. The lowest BCUT2D eigenvalue weighted by Gasteiger charge is -2.09. The van der Waals surface area contributed by atoms with Gasteiger partial charge in [0.25, 0.3) is 5.91 Å². The average Bonchev–Trinajstić information content (AvgIpc) is 2.93. The van der Waals surface area contributed by atoms with Crippen molar-refractivity contribution < 1.29 is 14.3 Å². The zero-order chi connectivity index (χ0) is 19.8. The highest BCUT2D eigenvalue weighted by molar-refractivity contribution is 5.96. The SMILES string of the molecule is CCOc1ccc(C(=O)NCC(=O)NCCc2nnc3n2CCCCC3)cc1. The molecular formula is C20H27N5O3. The minimum Gasteiger partial charge on any atom is -0.494 e. The third-order valence-electron chi connectivity index (χ3n) is 4.69. The lowest BCUT2D eigenvalue weighted by atomic mass is 10.2. The number of carbonyl (C=O) groups excluding carboxylic acids is 2. The third kappa shape index (κ3) is 5.31. The van der Waals surface area contributed by atoms with Gasteiger partial charge >= 0.3 is 0 Å². The number of nitrogens with one attached hydrogen (secondary N) is 2. The molecule has 1 aromatic carbocycles. The molecule has 8 nitrogen and oxygen atoms in total. The number of aromatic nitrogens is 3. The van der Waals surface area contributed by atoms with E-state index < -0.39 is 0 Å². The number of fused-ring (bicyclic) bond motifs is 1. The first-order valence-corrected chi connectivity index (χ1v) is 9.86.